The predicted octanol–water partition coefficient (Wildman–Crippen LogP) is -0.136. The molecule has 8 nitrogen and oxygen atoms in total. The highest BCUT2D eigenvalue weighted by Crippen LogP contribution is 2.21. The van der Waals surface area contributed by atoms with E-state index in [1.54, 1.807) is 32.8 Å². The third-order valence-electron chi connectivity index (χ3n) is 4.40. The van der Waals surface area contributed by atoms with Crippen LogP contribution < -0.4 is 16.4 Å². The molecule has 3 unspecified atom stereocenters. The lowest BCUT2D eigenvalue weighted by Gasteiger charge is -2.37. The van der Waals surface area contributed by atoms with Crippen LogP contribution in [0.2, 0.25) is 0 Å². The van der Waals surface area contributed by atoms with E-state index >= 15 is 0 Å². The normalized spacial score (nSPS) is 15.0. The zero-order valence-electron chi connectivity index (χ0n) is 16.5. The van der Waals surface area contributed by atoms with Crippen LogP contribution in [-0.2, 0) is 19.1 Å². The number of amides is 3. The van der Waals surface area contributed by atoms with Crippen LogP contribution in [-0.4, -0.2) is 68.1 Å². The number of ether oxygens (including phenoxy) is 1. The lowest BCUT2D eigenvalue weighted by Crippen LogP contribution is -2.55. The van der Waals surface area contributed by atoms with E-state index in [4.69, 9.17) is 10.5 Å². The van der Waals surface area contributed by atoms with Gasteiger partial charge in [-0.2, -0.15) is 0 Å². The lowest BCUT2D eigenvalue weighted by molar-refractivity contribution is -0.139. The van der Waals surface area contributed by atoms with Crippen molar-refractivity contribution in [3.63, 3.8) is 0 Å². The molecule has 0 bridgehead atoms. The first-order valence-corrected chi connectivity index (χ1v) is 8.55. The van der Waals surface area contributed by atoms with Gasteiger partial charge < -0.3 is 26.0 Å². The van der Waals surface area contributed by atoms with Gasteiger partial charge in [0, 0.05) is 21.2 Å². The monoisotopic (exact) mass is 358 g/mol. The standard InChI is InChI=1S/C17H34N4O4/c1-8-11(2)15(12(25-7)9-13(22)19-5)21(6)14(23)10-20-16(24)17(3,4)18/h11-12,15H,8-10,18H2,1-7H3,(H,19,22)(H,20,24). The fourth-order valence-corrected chi connectivity index (χ4v) is 2.54. The molecule has 0 saturated heterocycles. The molecular weight excluding hydrogens is 324 g/mol. The molecule has 3 amide bonds. The Bertz CT molecular complexity index is 462. The number of hydrogen-bond acceptors (Lipinski definition) is 5. The first-order valence-electron chi connectivity index (χ1n) is 8.55. The summed E-state index contributed by atoms with van der Waals surface area (Å²) in [6.45, 7) is 7.01. The maximum absolute atomic E-state index is 12.5. The molecule has 8 heteroatoms. The molecule has 146 valence electrons. The van der Waals surface area contributed by atoms with E-state index in [-0.39, 0.29) is 36.7 Å². The molecule has 0 aromatic heterocycles. The number of hydrogen-bond donors (Lipinski definition) is 3. The number of nitrogens with one attached hydrogen (secondary N) is 2. The zero-order chi connectivity index (χ0) is 19.8. The van der Waals surface area contributed by atoms with Gasteiger partial charge in [0.05, 0.1) is 30.7 Å². The lowest BCUT2D eigenvalue weighted by atomic mass is 9.91. The summed E-state index contributed by atoms with van der Waals surface area (Å²) >= 11 is 0. The smallest absolute Gasteiger partial charge is 0.242 e. The number of carbonyl (C=O) groups is 3. The van der Waals surface area contributed by atoms with Crippen molar-refractivity contribution in [1.29, 1.82) is 0 Å². The average Bonchev–Trinajstić information content (AvgIpc) is 2.56. The molecule has 0 radical (unpaired) electrons. The summed E-state index contributed by atoms with van der Waals surface area (Å²) < 4.78 is 5.50. The fraction of sp³-hybridized carbons (Fsp3) is 0.824. The molecule has 0 fully saturated rings. The number of methoxy groups -OCH3 is 1. The maximum Gasteiger partial charge on any atom is 0.242 e. The SMILES string of the molecule is CCC(C)C(C(CC(=O)NC)OC)N(C)C(=O)CNC(=O)C(C)(C)N. The number of nitrogens with zero attached hydrogens (tertiary/aromatic N) is 1. The Morgan fingerprint density at radius 1 is 1.28 bits per heavy atom. The molecule has 4 N–H and O–H groups in total. The summed E-state index contributed by atoms with van der Waals surface area (Å²) in [7, 11) is 4.75. The Balaban J connectivity index is 5.15. The highest BCUT2D eigenvalue weighted by Gasteiger charge is 2.34. The van der Waals surface area contributed by atoms with Gasteiger partial charge in [-0.05, 0) is 19.8 Å². The molecule has 0 spiro atoms. The summed E-state index contributed by atoms with van der Waals surface area (Å²) in [5, 5.41) is 5.12. The van der Waals surface area contributed by atoms with Crippen molar-refractivity contribution in [3.05, 3.63) is 0 Å². The van der Waals surface area contributed by atoms with Crippen molar-refractivity contribution in [1.82, 2.24) is 15.5 Å². The molecule has 0 aliphatic heterocycles. The van der Waals surface area contributed by atoms with Gasteiger partial charge in [-0.25, -0.2) is 0 Å². The van der Waals surface area contributed by atoms with Crippen molar-refractivity contribution in [2.45, 2.75) is 58.2 Å². The summed E-state index contributed by atoms with van der Waals surface area (Å²) in [5.74, 6) is -0.700. The van der Waals surface area contributed by atoms with Gasteiger partial charge in [-0.3, -0.25) is 14.4 Å². The van der Waals surface area contributed by atoms with Crippen molar-refractivity contribution in [2.24, 2.45) is 11.7 Å². The molecule has 0 aliphatic carbocycles. The van der Waals surface area contributed by atoms with Crippen molar-refractivity contribution in [2.75, 3.05) is 27.7 Å². The first-order chi connectivity index (χ1) is 11.5. The average molecular weight is 358 g/mol. The predicted molar refractivity (Wildman–Crippen MR) is 96.8 cm³/mol. The second-order valence-electron chi connectivity index (χ2n) is 6.94. The van der Waals surface area contributed by atoms with Gasteiger partial charge in [-0.15, -0.1) is 0 Å². The highest BCUT2D eigenvalue weighted by atomic mass is 16.5. The summed E-state index contributed by atoms with van der Waals surface area (Å²) in [4.78, 5) is 37.7. The Hall–Kier alpha value is -1.67. The van der Waals surface area contributed by atoms with Gasteiger partial charge >= 0.3 is 0 Å². The second kappa shape index (κ2) is 10.4. The van der Waals surface area contributed by atoms with Crippen LogP contribution in [0.25, 0.3) is 0 Å². The number of nitrogens with two attached hydrogens (primary N) is 1. The molecule has 0 aromatic carbocycles. The van der Waals surface area contributed by atoms with Gasteiger partial charge in [-0.1, -0.05) is 20.3 Å². The van der Waals surface area contributed by atoms with Crippen LogP contribution in [0.15, 0.2) is 0 Å². The van der Waals surface area contributed by atoms with Crippen LogP contribution in [0.3, 0.4) is 0 Å². The van der Waals surface area contributed by atoms with Gasteiger partial charge in [0.15, 0.2) is 0 Å². The topological polar surface area (TPSA) is 114 Å². The Kier molecular flexibility index (Phi) is 9.66. The van der Waals surface area contributed by atoms with E-state index in [1.807, 2.05) is 13.8 Å². The summed E-state index contributed by atoms with van der Waals surface area (Å²) in [5.41, 5.74) is 4.66. The van der Waals surface area contributed by atoms with Crippen LogP contribution in [0.1, 0.15) is 40.5 Å². The van der Waals surface area contributed by atoms with E-state index in [0.717, 1.165) is 6.42 Å². The molecular formula is C17H34N4O4. The minimum absolute atomic E-state index is 0.116. The minimum atomic E-state index is -1.05. The van der Waals surface area contributed by atoms with E-state index in [9.17, 15) is 14.4 Å². The molecule has 25 heavy (non-hydrogen) atoms. The first kappa shape index (κ1) is 23.3. The Labute approximate surface area is 150 Å². The van der Waals surface area contributed by atoms with Crippen LogP contribution >= 0.6 is 0 Å². The van der Waals surface area contributed by atoms with Crippen LogP contribution in [0, 0.1) is 5.92 Å². The van der Waals surface area contributed by atoms with Crippen molar-refractivity contribution >= 4 is 17.7 Å². The Morgan fingerprint density at radius 2 is 1.84 bits per heavy atom. The zero-order valence-corrected chi connectivity index (χ0v) is 16.5. The second-order valence-corrected chi connectivity index (χ2v) is 6.94. The molecule has 0 saturated carbocycles. The largest absolute Gasteiger partial charge is 0.379 e. The maximum atomic E-state index is 12.5. The molecule has 3 atom stereocenters. The highest BCUT2D eigenvalue weighted by molar-refractivity contribution is 5.89. The van der Waals surface area contributed by atoms with E-state index in [2.05, 4.69) is 10.6 Å². The van der Waals surface area contributed by atoms with E-state index in [1.165, 1.54) is 7.11 Å². The molecule has 0 aromatic rings. The minimum Gasteiger partial charge on any atom is -0.379 e. The van der Waals surface area contributed by atoms with Gasteiger partial charge in [0.1, 0.15) is 0 Å². The molecule has 0 aliphatic rings. The van der Waals surface area contributed by atoms with Gasteiger partial charge in [0.2, 0.25) is 17.7 Å². The summed E-state index contributed by atoms with van der Waals surface area (Å²) in [6, 6.07) is -0.289. The third kappa shape index (κ3) is 7.39. The molecule has 0 rings (SSSR count). The van der Waals surface area contributed by atoms with Crippen molar-refractivity contribution < 1.29 is 19.1 Å². The Morgan fingerprint density at radius 3 is 2.24 bits per heavy atom. The number of carbonyl (C=O) groups excluding carboxylic acids is 3. The van der Waals surface area contributed by atoms with Gasteiger partial charge in [0.25, 0.3) is 0 Å². The summed E-state index contributed by atoms with van der Waals surface area (Å²) in [6.07, 6.45) is 0.533. The third-order valence-corrected chi connectivity index (χ3v) is 4.40. The van der Waals surface area contributed by atoms with Crippen LogP contribution in [0.4, 0.5) is 0 Å². The van der Waals surface area contributed by atoms with Crippen molar-refractivity contribution in [3.8, 4) is 0 Å². The fourth-order valence-electron chi connectivity index (χ4n) is 2.54. The van der Waals surface area contributed by atoms with E-state index in [0.29, 0.717) is 0 Å². The van der Waals surface area contributed by atoms with Crippen LogP contribution in [0.5, 0.6) is 0 Å². The molecule has 0 heterocycles. The quantitative estimate of drug-likeness (QED) is 0.503. The van der Waals surface area contributed by atoms with E-state index < -0.39 is 17.6 Å². The number of likely N-dealkylation sites (N-methyl/N-ethyl adjacent to an activating group) is 1. The number of rotatable bonds is 10.